The van der Waals surface area contributed by atoms with Crippen molar-refractivity contribution in [2.45, 2.75) is 65.0 Å². The number of carbonyl (C=O) groups is 1. The van der Waals surface area contributed by atoms with Gasteiger partial charge in [-0.05, 0) is 51.6 Å². The highest BCUT2D eigenvalue weighted by Gasteiger charge is 2.33. The maximum absolute atomic E-state index is 12.5. The number of likely N-dealkylation sites (N-methyl/N-ethyl adjacent to an activating group) is 1. The third-order valence-electron chi connectivity index (χ3n) is 4.67. The largest absolute Gasteiger partial charge is 0.339 e. The van der Waals surface area contributed by atoms with Crippen LogP contribution < -0.4 is 5.32 Å². The van der Waals surface area contributed by atoms with Gasteiger partial charge in [-0.25, -0.2) is 0 Å². The fraction of sp³-hybridized carbons (Fsp3) is 0.941. The van der Waals surface area contributed by atoms with Crippen LogP contribution in [0, 0.1) is 5.92 Å². The Bertz CT molecular complexity index is 328. The van der Waals surface area contributed by atoms with Gasteiger partial charge in [0.05, 0.1) is 6.54 Å². The summed E-state index contributed by atoms with van der Waals surface area (Å²) in [5, 5.41) is 3.57. The van der Waals surface area contributed by atoms with Gasteiger partial charge in [0.2, 0.25) is 5.91 Å². The molecule has 1 aliphatic heterocycles. The highest BCUT2D eigenvalue weighted by atomic mass is 16.2. The van der Waals surface area contributed by atoms with Crippen LogP contribution in [-0.4, -0.2) is 60.5 Å². The van der Waals surface area contributed by atoms with E-state index in [4.69, 9.17) is 0 Å². The van der Waals surface area contributed by atoms with E-state index in [1.807, 2.05) is 0 Å². The van der Waals surface area contributed by atoms with E-state index >= 15 is 0 Å². The van der Waals surface area contributed by atoms with Crippen LogP contribution in [0.25, 0.3) is 0 Å². The van der Waals surface area contributed by atoms with E-state index in [0.717, 1.165) is 26.2 Å². The van der Waals surface area contributed by atoms with Gasteiger partial charge in [0.15, 0.2) is 0 Å². The van der Waals surface area contributed by atoms with Crippen molar-refractivity contribution in [3.63, 3.8) is 0 Å². The zero-order valence-electron chi connectivity index (χ0n) is 14.1. The summed E-state index contributed by atoms with van der Waals surface area (Å²) in [4.78, 5) is 17.0. The van der Waals surface area contributed by atoms with Crippen molar-refractivity contribution < 1.29 is 4.79 Å². The third-order valence-corrected chi connectivity index (χ3v) is 4.67. The molecule has 2 rings (SSSR count). The molecular weight excluding hydrogens is 262 g/mol. The number of nitrogens with zero attached hydrogens (tertiary/aromatic N) is 2. The van der Waals surface area contributed by atoms with Crippen molar-refractivity contribution in [3.05, 3.63) is 0 Å². The van der Waals surface area contributed by atoms with E-state index in [1.165, 1.54) is 32.1 Å². The van der Waals surface area contributed by atoms with Gasteiger partial charge in [-0.1, -0.05) is 20.3 Å². The monoisotopic (exact) mass is 295 g/mol. The minimum Gasteiger partial charge on any atom is -0.339 e. The number of amides is 1. The molecule has 1 amide bonds. The molecule has 4 nitrogen and oxygen atoms in total. The Kier molecular flexibility index (Phi) is 6.49. The number of carbonyl (C=O) groups excluding carboxylic acids is 1. The highest BCUT2D eigenvalue weighted by Crippen LogP contribution is 2.27. The van der Waals surface area contributed by atoms with Crippen molar-refractivity contribution in [2.75, 3.05) is 32.7 Å². The molecule has 1 unspecified atom stereocenters. The van der Waals surface area contributed by atoms with E-state index in [2.05, 4.69) is 35.9 Å². The molecule has 0 aromatic rings. The molecule has 21 heavy (non-hydrogen) atoms. The second kappa shape index (κ2) is 8.14. The number of likely N-dealkylation sites (tertiary alicyclic amines) is 1. The van der Waals surface area contributed by atoms with E-state index < -0.39 is 0 Å². The molecule has 0 bridgehead atoms. The summed E-state index contributed by atoms with van der Waals surface area (Å²) >= 11 is 0. The summed E-state index contributed by atoms with van der Waals surface area (Å²) in [6, 6.07) is 1.09. The minimum atomic E-state index is 0.343. The summed E-state index contributed by atoms with van der Waals surface area (Å²) in [6.07, 6.45) is 6.19. The third kappa shape index (κ3) is 5.26. The second-order valence-corrected chi connectivity index (χ2v) is 7.08. The van der Waals surface area contributed by atoms with Gasteiger partial charge in [-0.2, -0.15) is 0 Å². The van der Waals surface area contributed by atoms with Gasteiger partial charge >= 0.3 is 0 Å². The Morgan fingerprint density at radius 1 is 1.29 bits per heavy atom. The Morgan fingerprint density at radius 3 is 2.67 bits per heavy atom. The summed E-state index contributed by atoms with van der Waals surface area (Å²) in [6.45, 7) is 11.3. The normalized spacial score (nSPS) is 23.5. The van der Waals surface area contributed by atoms with E-state index in [0.29, 0.717) is 30.5 Å². The van der Waals surface area contributed by atoms with Crippen LogP contribution in [0.5, 0.6) is 0 Å². The first-order valence-electron chi connectivity index (χ1n) is 8.86. The van der Waals surface area contributed by atoms with Crippen LogP contribution in [0.4, 0.5) is 0 Å². The second-order valence-electron chi connectivity index (χ2n) is 7.08. The van der Waals surface area contributed by atoms with Crippen LogP contribution in [0.2, 0.25) is 0 Å². The Morgan fingerprint density at radius 2 is 2.05 bits per heavy atom. The molecule has 0 aromatic carbocycles. The number of nitrogens with one attached hydrogen (secondary N) is 1. The van der Waals surface area contributed by atoms with Crippen LogP contribution in [0.1, 0.15) is 52.9 Å². The van der Waals surface area contributed by atoms with Crippen LogP contribution >= 0.6 is 0 Å². The van der Waals surface area contributed by atoms with Crippen molar-refractivity contribution in [1.29, 1.82) is 0 Å². The van der Waals surface area contributed by atoms with E-state index in [1.54, 1.807) is 0 Å². The molecule has 122 valence electrons. The highest BCUT2D eigenvalue weighted by molar-refractivity contribution is 5.79. The first-order chi connectivity index (χ1) is 10.1. The van der Waals surface area contributed by atoms with Gasteiger partial charge in [-0.15, -0.1) is 0 Å². The summed E-state index contributed by atoms with van der Waals surface area (Å²) < 4.78 is 0. The SMILES string of the molecule is CCN(C(=O)CN1CCCCC1CNCC(C)C)C1CC1. The molecule has 0 radical (unpaired) electrons. The summed E-state index contributed by atoms with van der Waals surface area (Å²) in [5.41, 5.74) is 0. The van der Waals surface area contributed by atoms with Gasteiger partial charge in [0, 0.05) is 25.2 Å². The lowest BCUT2D eigenvalue weighted by molar-refractivity contribution is -0.133. The number of piperidine rings is 1. The molecule has 1 aliphatic carbocycles. The molecule has 1 N–H and O–H groups in total. The standard InChI is InChI=1S/C17H33N3O/c1-4-20(15-8-9-15)17(21)13-19-10-6-5-7-16(19)12-18-11-14(2)3/h14-16,18H,4-13H2,1-3H3. The average molecular weight is 295 g/mol. The molecule has 1 saturated carbocycles. The Balaban J connectivity index is 1.81. The lowest BCUT2D eigenvalue weighted by Crippen LogP contribution is -2.50. The molecule has 0 aromatic heterocycles. The molecule has 0 spiro atoms. The van der Waals surface area contributed by atoms with Crippen LogP contribution in [-0.2, 0) is 4.79 Å². The molecule has 2 fully saturated rings. The smallest absolute Gasteiger partial charge is 0.236 e. The first kappa shape index (κ1) is 16.8. The number of hydrogen-bond acceptors (Lipinski definition) is 3. The Hall–Kier alpha value is -0.610. The average Bonchev–Trinajstić information content (AvgIpc) is 3.26. The quantitative estimate of drug-likeness (QED) is 0.745. The molecule has 4 heteroatoms. The zero-order valence-corrected chi connectivity index (χ0v) is 14.1. The number of hydrogen-bond donors (Lipinski definition) is 1. The zero-order chi connectivity index (χ0) is 15.2. The van der Waals surface area contributed by atoms with E-state index in [-0.39, 0.29) is 0 Å². The maximum atomic E-state index is 12.5. The van der Waals surface area contributed by atoms with E-state index in [9.17, 15) is 4.79 Å². The Labute approximate surface area is 130 Å². The van der Waals surface area contributed by atoms with Crippen molar-refractivity contribution >= 4 is 5.91 Å². The molecule has 1 saturated heterocycles. The van der Waals surface area contributed by atoms with Crippen molar-refractivity contribution in [1.82, 2.24) is 15.1 Å². The lowest BCUT2D eigenvalue weighted by Gasteiger charge is -2.36. The number of rotatable bonds is 8. The predicted octanol–water partition coefficient (Wildman–Crippen LogP) is 2.10. The van der Waals surface area contributed by atoms with Gasteiger partial charge in [-0.3, -0.25) is 9.69 Å². The molecular formula is C17H33N3O. The summed E-state index contributed by atoms with van der Waals surface area (Å²) in [5.74, 6) is 1.03. The summed E-state index contributed by atoms with van der Waals surface area (Å²) in [7, 11) is 0. The van der Waals surface area contributed by atoms with Crippen LogP contribution in [0.15, 0.2) is 0 Å². The molecule has 1 atom stereocenters. The van der Waals surface area contributed by atoms with Crippen LogP contribution in [0.3, 0.4) is 0 Å². The maximum Gasteiger partial charge on any atom is 0.236 e. The van der Waals surface area contributed by atoms with Gasteiger partial charge in [0.25, 0.3) is 0 Å². The predicted molar refractivity (Wildman–Crippen MR) is 87.3 cm³/mol. The fourth-order valence-corrected chi connectivity index (χ4v) is 3.33. The minimum absolute atomic E-state index is 0.343. The first-order valence-corrected chi connectivity index (χ1v) is 8.86. The fourth-order valence-electron chi connectivity index (χ4n) is 3.33. The molecule has 1 heterocycles. The van der Waals surface area contributed by atoms with Gasteiger partial charge in [0.1, 0.15) is 0 Å². The van der Waals surface area contributed by atoms with Gasteiger partial charge < -0.3 is 10.2 Å². The lowest BCUT2D eigenvalue weighted by atomic mass is 10.0. The van der Waals surface area contributed by atoms with Crippen molar-refractivity contribution in [2.24, 2.45) is 5.92 Å². The van der Waals surface area contributed by atoms with Crippen molar-refractivity contribution in [3.8, 4) is 0 Å². The molecule has 2 aliphatic rings. The topological polar surface area (TPSA) is 35.6 Å².